The van der Waals surface area contributed by atoms with Crippen molar-refractivity contribution in [3.05, 3.63) is 57.3 Å². The van der Waals surface area contributed by atoms with Crippen molar-refractivity contribution < 1.29 is 4.79 Å². The summed E-state index contributed by atoms with van der Waals surface area (Å²) in [6.45, 7) is 8.95. The molecule has 3 N–H and O–H groups in total. The van der Waals surface area contributed by atoms with Crippen LogP contribution in [0.2, 0.25) is 0 Å². The van der Waals surface area contributed by atoms with Gasteiger partial charge >= 0.3 is 0 Å². The van der Waals surface area contributed by atoms with E-state index in [4.69, 9.17) is 12.2 Å². The van der Waals surface area contributed by atoms with Gasteiger partial charge in [0.1, 0.15) is 0 Å². The fraction of sp³-hybridized carbons (Fsp3) is 0.455. The lowest BCUT2D eigenvalue weighted by atomic mass is 9.72. The highest BCUT2D eigenvalue weighted by atomic mass is 32.1. The molecule has 0 saturated carbocycles. The molecule has 0 radical (unpaired) electrons. The Morgan fingerprint density at radius 3 is 2.61 bits per heavy atom. The molecule has 1 amide bonds. The molecule has 2 unspecified atom stereocenters. The zero-order chi connectivity index (χ0) is 20.3. The maximum Gasteiger partial charge on any atom is 0.270 e. The number of hydrogen-bond acceptors (Lipinski definition) is 3. The van der Waals surface area contributed by atoms with Crippen molar-refractivity contribution in [2.45, 2.75) is 53.0 Å². The summed E-state index contributed by atoms with van der Waals surface area (Å²) in [6, 6.07) is 10.1. The van der Waals surface area contributed by atoms with Crippen LogP contribution in [0.3, 0.4) is 0 Å². The molecule has 0 spiro atoms. The first kappa shape index (κ1) is 20.8. The molecular weight excluding hydrogens is 386 g/mol. The molecule has 1 aliphatic carbocycles. The molecule has 1 aromatic heterocycles. The molecule has 2 atom stereocenters. The van der Waals surface area contributed by atoms with Crippen LogP contribution in [-0.4, -0.2) is 11.0 Å². The minimum absolute atomic E-state index is 0.0568. The molecule has 4 nitrogen and oxygen atoms in total. The molecule has 3 rings (SSSR count). The molecule has 6 heteroatoms. The Balaban J connectivity index is 1.55. The van der Waals surface area contributed by atoms with Gasteiger partial charge in [0.15, 0.2) is 5.11 Å². The Morgan fingerprint density at radius 2 is 1.93 bits per heavy atom. The molecule has 150 valence electrons. The largest absolute Gasteiger partial charge is 0.355 e. The molecular formula is C22H29N3OS2. The van der Waals surface area contributed by atoms with Crippen molar-refractivity contribution >= 4 is 34.6 Å². The van der Waals surface area contributed by atoms with Crippen LogP contribution in [-0.2, 0) is 12.8 Å². The summed E-state index contributed by atoms with van der Waals surface area (Å²) in [5.41, 5.74) is 9.01. The second kappa shape index (κ2) is 8.62. The van der Waals surface area contributed by atoms with Gasteiger partial charge in [-0.1, -0.05) is 51.1 Å². The van der Waals surface area contributed by atoms with E-state index in [9.17, 15) is 4.79 Å². The zero-order valence-corrected chi connectivity index (χ0v) is 18.6. The first-order chi connectivity index (χ1) is 13.3. The van der Waals surface area contributed by atoms with Crippen LogP contribution >= 0.6 is 23.6 Å². The first-order valence-electron chi connectivity index (χ1n) is 9.76. The smallest absolute Gasteiger partial charge is 0.270 e. The second-order valence-electron chi connectivity index (χ2n) is 8.54. The monoisotopic (exact) mass is 415 g/mol. The fourth-order valence-corrected chi connectivity index (χ4v) is 5.07. The van der Waals surface area contributed by atoms with Crippen molar-refractivity contribution in [1.82, 2.24) is 16.2 Å². The highest BCUT2D eigenvalue weighted by Gasteiger charge is 2.31. The number of rotatable bonds is 3. The minimum Gasteiger partial charge on any atom is -0.355 e. The summed E-state index contributed by atoms with van der Waals surface area (Å²) in [6.07, 6.45) is 3.17. The number of nitrogens with one attached hydrogen (secondary N) is 3. The Bertz CT molecular complexity index is 839. The Morgan fingerprint density at radius 1 is 1.21 bits per heavy atom. The van der Waals surface area contributed by atoms with E-state index in [2.05, 4.69) is 36.9 Å². The van der Waals surface area contributed by atoms with Crippen LogP contribution in [0, 0.1) is 11.3 Å². The number of thiocarbonyl (C=S) groups is 1. The number of fused-ring (bicyclic) bond motifs is 1. The van der Waals surface area contributed by atoms with Crippen molar-refractivity contribution in [3.63, 3.8) is 0 Å². The lowest BCUT2D eigenvalue weighted by Gasteiger charge is -2.34. The van der Waals surface area contributed by atoms with Gasteiger partial charge in [0.05, 0.1) is 11.6 Å². The molecule has 0 aliphatic heterocycles. The minimum atomic E-state index is -0.122. The number of amides is 1. The standard InChI is InChI=1S/C22H29N3OS2/c1-14(15-8-6-5-7-9-15)23-21(27)25-24-20(26)18-13-28-19-12-16(22(2,3)4)10-11-17(18)19/h5-9,13-14,16H,10-12H2,1-4H3,(H,24,26)(H2,23,25,27). The molecule has 28 heavy (non-hydrogen) atoms. The number of thiophene rings is 1. The fourth-order valence-electron chi connectivity index (χ4n) is 3.68. The number of carbonyl (C=O) groups excluding carboxylic acids is 1. The van der Waals surface area contributed by atoms with Crippen LogP contribution in [0.15, 0.2) is 35.7 Å². The molecule has 1 aliphatic rings. The van der Waals surface area contributed by atoms with E-state index in [1.54, 1.807) is 11.3 Å². The number of hydrazine groups is 1. The van der Waals surface area contributed by atoms with Gasteiger partial charge in [-0.05, 0) is 60.9 Å². The van der Waals surface area contributed by atoms with Gasteiger partial charge in [0, 0.05) is 10.3 Å². The molecule has 1 heterocycles. The molecule has 1 aromatic carbocycles. The summed E-state index contributed by atoms with van der Waals surface area (Å²) in [5, 5.41) is 5.58. The average molecular weight is 416 g/mol. The van der Waals surface area contributed by atoms with Crippen LogP contribution in [0.1, 0.15) is 66.5 Å². The predicted octanol–water partition coefficient (Wildman–Crippen LogP) is 4.77. The first-order valence-corrected chi connectivity index (χ1v) is 11.1. The molecule has 0 saturated heterocycles. The van der Waals surface area contributed by atoms with E-state index in [-0.39, 0.29) is 11.9 Å². The number of hydrogen-bond donors (Lipinski definition) is 3. The summed E-state index contributed by atoms with van der Waals surface area (Å²) in [5.74, 6) is 0.548. The van der Waals surface area contributed by atoms with Gasteiger partial charge in [-0.25, -0.2) is 0 Å². The van der Waals surface area contributed by atoms with Gasteiger partial charge in [-0.3, -0.25) is 15.6 Å². The van der Waals surface area contributed by atoms with Gasteiger partial charge < -0.3 is 5.32 Å². The Labute approximate surface area is 177 Å². The Kier molecular flexibility index (Phi) is 6.40. The molecule has 0 bridgehead atoms. The van der Waals surface area contributed by atoms with E-state index in [1.807, 2.05) is 42.6 Å². The summed E-state index contributed by atoms with van der Waals surface area (Å²) < 4.78 is 0. The number of benzene rings is 1. The highest BCUT2D eigenvalue weighted by molar-refractivity contribution is 7.80. The topological polar surface area (TPSA) is 53.2 Å². The normalized spacial score (nSPS) is 17.4. The van der Waals surface area contributed by atoms with E-state index in [1.165, 1.54) is 10.4 Å². The predicted molar refractivity (Wildman–Crippen MR) is 120 cm³/mol. The van der Waals surface area contributed by atoms with Crippen molar-refractivity contribution in [3.8, 4) is 0 Å². The summed E-state index contributed by atoms with van der Waals surface area (Å²) in [4.78, 5) is 14.0. The van der Waals surface area contributed by atoms with Crippen LogP contribution in [0.5, 0.6) is 0 Å². The van der Waals surface area contributed by atoms with Crippen molar-refractivity contribution in [2.75, 3.05) is 0 Å². The van der Waals surface area contributed by atoms with Gasteiger partial charge in [-0.15, -0.1) is 11.3 Å². The van der Waals surface area contributed by atoms with Crippen LogP contribution < -0.4 is 16.2 Å². The maximum absolute atomic E-state index is 12.7. The lowest BCUT2D eigenvalue weighted by Crippen LogP contribution is -2.47. The summed E-state index contributed by atoms with van der Waals surface area (Å²) >= 11 is 7.03. The average Bonchev–Trinajstić information content (AvgIpc) is 3.09. The third kappa shape index (κ3) is 4.92. The Hall–Kier alpha value is -1.92. The summed E-state index contributed by atoms with van der Waals surface area (Å²) in [7, 11) is 0. The third-order valence-corrected chi connectivity index (χ3v) is 6.83. The van der Waals surface area contributed by atoms with Gasteiger partial charge in [-0.2, -0.15) is 0 Å². The van der Waals surface area contributed by atoms with E-state index in [0.29, 0.717) is 16.4 Å². The SMILES string of the molecule is CC(NC(=S)NNC(=O)c1csc2c1CCC(C(C)(C)C)C2)c1ccccc1. The maximum atomic E-state index is 12.7. The zero-order valence-electron chi connectivity index (χ0n) is 17.0. The van der Waals surface area contributed by atoms with Crippen LogP contribution in [0.4, 0.5) is 0 Å². The van der Waals surface area contributed by atoms with Crippen LogP contribution in [0.25, 0.3) is 0 Å². The highest BCUT2D eigenvalue weighted by Crippen LogP contribution is 2.40. The quantitative estimate of drug-likeness (QED) is 0.499. The second-order valence-corrected chi connectivity index (χ2v) is 9.91. The molecule has 2 aromatic rings. The van der Waals surface area contributed by atoms with Gasteiger partial charge in [0.2, 0.25) is 0 Å². The number of carbonyl (C=O) groups is 1. The van der Waals surface area contributed by atoms with Crippen molar-refractivity contribution in [1.29, 1.82) is 0 Å². The van der Waals surface area contributed by atoms with E-state index in [0.717, 1.165) is 30.4 Å². The van der Waals surface area contributed by atoms with E-state index < -0.39 is 0 Å². The van der Waals surface area contributed by atoms with Gasteiger partial charge in [0.25, 0.3) is 5.91 Å². The molecule has 0 fully saturated rings. The van der Waals surface area contributed by atoms with Crippen molar-refractivity contribution in [2.24, 2.45) is 11.3 Å². The lowest BCUT2D eigenvalue weighted by molar-refractivity contribution is 0.0942. The van der Waals surface area contributed by atoms with E-state index >= 15 is 0 Å². The third-order valence-electron chi connectivity index (χ3n) is 5.56.